The molecule has 0 spiro atoms. The molecule has 5 nitrogen and oxygen atoms in total. The Labute approximate surface area is 179 Å². The molecule has 168 valence electrons. The highest BCUT2D eigenvalue weighted by molar-refractivity contribution is 7.92. The summed E-state index contributed by atoms with van der Waals surface area (Å²) in [5.41, 5.74) is 0.423. The molecule has 0 radical (unpaired) electrons. The van der Waals surface area contributed by atoms with Crippen molar-refractivity contribution in [1.29, 1.82) is 0 Å². The van der Waals surface area contributed by atoms with Crippen molar-refractivity contribution in [3.05, 3.63) is 54.6 Å². The van der Waals surface area contributed by atoms with Crippen LogP contribution in [0.1, 0.15) is 38.5 Å². The summed E-state index contributed by atoms with van der Waals surface area (Å²) in [7, 11) is -4.05. The van der Waals surface area contributed by atoms with Gasteiger partial charge in [-0.25, -0.2) is 8.42 Å². The lowest BCUT2D eigenvalue weighted by Crippen LogP contribution is -2.32. The van der Waals surface area contributed by atoms with Crippen molar-refractivity contribution < 1.29 is 31.1 Å². The number of Topliss-reactive ketones (excluding diaryl/α,β-unsaturated/α-hetero) is 1. The minimum absolute atomic E-state index is 0.0722. The Morgan fingerprint density at radius 1 is 1.00 bits per heavy atom. The summed E-state index contributed by atoms with van der Waals surface area (Å²) in [5, 5.41) is 0. The van der Waals surface area contributed by atoms with Crippen LogP contribution in [0.25, 0.3) is 0 Å². The summed E-state index contributed by atoms with van der Waals surface area (Å²) in [6, 6.07) is 12.5. The molecule has 0 amide bonds. The third-order valence-corrected chi connectivity index (χ3v) is 7.13. The van der Waals surface area contributed by atoms with E-state index in [1.807, 2.05) is 0 Å². The number of ketones is 1. The second kappa shape index (κ2) is 9.72. The van der Waals surface area contributed by atoms with Gasteiger partial charge in [0.25, 0.3) is 10.0 Å². The highest BCUT2D eigenvalue weighted by Gasteiger charge is 2.32. The van der Waals surface area contributed by atoms with Gasteiger partial charge < -0.3 is 4.74 Å². The fraction of sp³-hybridized carbons (Fsp3) is 0.409. The molecule has 0 atom stereocenters. The third-order valence-electron chi connectivity index (χ3n) is 5.28. The lowest BCUT2D eigenvalue weighted by Gasteiger charge is -2.25. The van der Waals surface area contributed by atoms with Crippen LogP contribution in [0.2, 0.25) is 0 Å². The van der Waals surface area contributed by atoms with Crippen molar-refractivity contribution in [3.63, 3.8) is 0 Å². The second-order valence-electron chi connectivity index (χ2n) is 7.48. The first-order valence-electron chi connectivity index (χ1n) is 10.1. The topological polar surface area (TPSA) is 63.7 Å². The van der Waals surface area contributed by atoms with Crippen LogP contribution in [-0.2, 0) is 14.8 Å². The van der Waals surface area contributed by atoms with Gasteiger partial charge in [0.15, 0.2) is 0 Å². The molecule has 31 heavy (non-hydrogen) atoms. The molecule has 0 aromatic heterocycles. The number of carbonyl (C=O) groups is 1. The standard InChI is InChI=1S/C22H24F3NO4S/c23-22(24,25)30-19-12-14-20(15-13-19)31(28,29)26(18-9-2-1-3-10-18)16-6-11-21(27)17-7-4-5-8-17/h1-3,9-10,12-15,17H,4-8,11,16H2. The number of benzene rings is 2. The SMILES string of the molecule is O=C(CCCN(c1ccccc1)S(=O)(=O)c1ccc(OC(F)(F)F)cc1)C1CCCC1. The first-order valence-corrected chi connectivity index (χ1v) is 11.6. The van der Waals surface area contributed by atoms with Crippen molar-refractivity contribution in [2.45, 2.75) is 49.8 Å². The molecule has 3 rings (SSSR count). The van der Waals surface area contributed by atoms with E-state index in [9.17, 15) is 26.4 Å². The van der Waals surface area contributed by atoms with Crippen molar-refractivity contribution in [1.82, 2.24) is 0 Å². The van der Waals surface area contributed by atoms with E-state index in [0.717, 1.165) is 49.9 Å². The van der Waals surface area contributed by atoms with Crippen LogP contribution in [0.5, 0.6) is 5.75 Å². The van der Waals surface area contributed by atoms with E-state index in [2.05, 4.69) is 4.74 Å². The first-order chi connectivity index (χ1) is 14.7. The maximum absolute atomic E-state index is 13.2. The monoisotopic (exact) mass is 455 g/mol. The fourth-order valence-corrected chi connectivity index (χ4v) is 5.27. The summed E-state index contributed by atoms with van der Waals surface area (Å²) in [6.45, 7) is 0.0889. The fourth-order valence-electron chi connectivity index (χ4n) is 3.77. The molecule has 1 aliphatic carbocycles. The summed E-state index contributed by atoms with van der Waals surface area (Å²) in [6.07, 6.45) is -0.315. The van der Waals surface area contributed by atoms with E-state index in [4.69, 9.17) is 0 Å². The first kappa shape index (κ1) is 23.1. The molecular weight excluding hydrogens is 431 g/mol. The highest BCUT2D eigenvalue weighted by atomic mass is 32.2. The maximum atomic E-state index is 13.2. The van der Waals surface area contributed by atoms with Gasteiger partial charge in [-0.1, -0.05) is 31.0 Å². The highest BCUT2D eigenvalue weighted by Crippen LogP contribution is 2.29. The number of nitrogens with zero attached hydrogens (tertiary/aromatic N) is 1. The average Bonchev–Trinajstić information content (AvgIpc) is 3.26. The average molecular weight is 455 g/mol. The second-order valence-corrected chi connectivity index (χ2v) is 9.35. The number of carbonyl (C=O) groups excluding carboxylic acids is 1. The summed E-state index contributed by atoms with van der Waals surface area (Å²) in [5.74, 6) is -0.264. The molecule has 1 saturated carbocycles. The maximum Gasteiger partial charge on any atom is 0.573 e. The van der Waals surface area contributed by atoms with Gasteiger partial charge in [0.05, 0.1) is 10.6 Å². The van der Waals surface area contributed by atoms with Crippen LogP contribution in [0.3, 0.4) is 0 Å². The van der Waals surface area contributed by atoms with Gasteiger partial charge in [-0.05, 0) is 55.7 Å². The summed E-state index contributed by atoms with van der Waals surface area (Å²) < 4.78 is 68.6. The normalized spacial score (nSPS) is 15.1. The molecule has 2 aromatic carbocycles. The summed E-state index contributed by atoms with van der Waals surface area (Å²) >= 11 is 0. The van der Waals surface area contributed by atoms with E-state index in [-0.39, 0.29) is 23.1 Å². The van der Waals surface area contributed by atoms with Gasteiger partial charge in [-0.3, -0.25) is 9.10 Å². The van der Waals surface area contributed by atoms with Crippen molar-refractivity contribution >= 4 is 21.5 Å². The Kier molecular flexibility index (Phi) is 7.25. The Bertz CT molecular complexity index is 970. The molecule has 0 heterocycles. The van der Waals surface area contributed by atoms with Gasteiger partial charge in [0.2, 0.25) is 0 Å². The van der Waals surface area contributed by atoms with Crippen molar-refractivity contribution in [3.8, 4) is 5.75 Å². The molecule has 1 aliphatic rings. The quantitative estimate of drug-likeness (QED) is 0.513. The van der Waals surface area contributed by atoms with Crippen LogP contribution in [0.4, 0.5) is 18.9 Å². The lowest BCUT2D eigenvalue weighted by atomic mass is 9.99. The van der Waals surface area contributed by atoms with E-state index in [1.54, 1.807) is 30.3 Å². The van der Waals surface area contributed by atoms with Crippen LogP contribution in [0.15, 0.2) is 59.5 Å². The van der Waals surface area contributed by atoms with Gasteiger partial charge in [-0.15, -0.1) is 13.2 Å². The molecule has 0 bridgehead atoms. The van der Waals surface area contributed by atoms with Gasteiger partial charge in [0.1, 0.15) is 11.5 Å². The summed E-state index contributed by atoms with van der Waals surface area (Å²) in [4.78, 5) is 12.2. The van der Waals surface area contributed by atoms with Crippen molar-refractivity contribution in [2.75, 3.05) is 10.8 Å². The predicted molar refractivity (Wildman–Crippen MR) is 110 cm³/mol. The Balaban J connectivity index is 1.77. The van der Waals surface area contributed by atoms with E-state index in [0.29, 0.717) is 18.5 Å². The van der Waals surface area contributed by atoms with E-state index >= 15 is 0 Å². The number of alkyl halides is 3. The smallest absolute Gasteiger partial charge is 0.406 e. The number of halogens is 3. The number of anilines is 1. The zero-order valence-corrected chi connectivity index (χ0v) is 17.7. The van der Waals surface area contributed by atoms with Crippen LogP contribution >= 0.6 is 0 Å². The Morgan fingerprint density at radius 2 is 1.61 bits per heavy atom. The molecule has 2 aromatic rings. The molecule has 0 saturated heterocycles. The van der Waals surface area contributed by atoms with Gasteiger partial charge in [0, 0.05) is 18.9 Å². The molecule has 9 heteroatoms. The molecular formula is C22H24F3NO4S. The third kappa shape index (κ3) is 6.22. The number of hydrogen-bond donors (Lipinski definition) is 0. The number of ether oxygens (including phenoxy) is 1. The molecule has 0 aliphatic heterocycles. The molecule has 1 fully saturated rings. The zero-order chi connectivity index (χ0) is 22.5. The number of rotatable bonds is 9. The van der Waals surface area contributed by atoms with Crippen LogP contribution in [0, 0.1) is 5.92 Å². The van der Waals surface area contributed by atoms with Crippen LogP contribution < -0.4 is 9.04 Å². The van der Waals surface area contributed by atoms with E-state index in [1.165, 1.54) is 4.31 Å². The van der Waals surface area contributed by atoms with Gasteiger partial charge >= 0.3 is 6.36 Å². The number of hydrogen-bond acceptors (Lipinski definition) is 4. The van der Waals surface area contributed by atoms with Crippen molar-refractivity contribution in [2.24, 2.45) is 5.92 Å². The van der Waals surface area contributed by atoms with E-state index < -0.39 is 22.1 Å². The predicted octanol–water partition coefficient (Wildman–Crippen LogP) is 5.32. The number of sulfonamides is 1. The number of para-hydroxylation sites is 1. The zero-order valence-electron chi connectivity index (χ0n) is 16.8. The molecule has 0 N–H and O–H groups in total. The Morgan fingerprint density at radius 3 is 2.19 bits per heavy atom. The minimum atomic E-state index is -4.86. The molecule has 0 unspecified atom stereocenters. The van der Waals surface area contributed by atoms with Gasteiger partial charge in [-0.2, -0.15) is 0 Å². The lowest BCUT2D eigenvalue weighted by molar-refractivity contribution is -0.274. The minimum Gasteiger partial charge on any atom is -0.406 e. The Hall–Kier alpha value is -2.55. The van der Waals surface area contributed by atoms with Crippen LogP contribution in [-0.4, -0.2) is 27.1 Å². The largest absolute Gasteiger partial charge is 0.573 e.